The summed E-state index contributed by atoms with van der Waals surface area (Å²) in [5.74, 6) is 2.03. The maximum Gasteiger partial charge on any atom is 0.0994 e. The summed E-state index contributed by atoms with van der Waals surface area (Å²) in [6, 6.07) is 10.3. The Hall–Kier alpha value is -1.33. The van der Waals surface area contributed by atoms with E-state index in [9.17, 15) is 0 Å². The van der Waals surface area contributed by atoms with E-state index in [1.807, 2.05) is 18.2 Å². The topological polar surface area (TPSA) is 35.8 Å². The quantitative estimate of drug-likeness (QED) is 0.841. The number of hydrogen-bond acceptors (Lipinski definition) is 2. The zero-order valence-corrected chi connectivity index (χ0v) is 10.6. The molecule has 0 heterocycles. The molecular weight excluding hydrogens is 208 g/mol. The largest absolute Gasteiger partial charge is 0.316 e. The molecule has 0 amide bonds. The van der Waals surface area contributed by atoms with Gasteiger partial charge in [-0.05, 0) is 48.9 Å². The van der Waals surface area contributed by atoms with Gasteiger partial charge in [0.1, 0.15) is 0 Å². The Morgan fingerprint density at radius 1 is 1.41 bits per heavy atom. The van der Waals surface area contributed by atoms with Crippen LogP contribution < -0.4 is 5.32 Å². The second-order valence-electron chi connectivity index (χ2n) is 5.35. The van der Waals surface area contributed by atoms with E-state index in [1.165, 1.54) is 12.0 Å². The van der Waals surface area contributed by atoms with Crippen LogP contribution in [0.1, 0.15) is 37.3 Å². The molecule has 1 aromatic carbocycles. The van der Waals surface area contributed by atoms with Crippen molar-refractivity contribution >= 4 is 0 Å². The molecule has 1 aliphatic carbocycles. The molecule has 0 aliphatic heterocycles. The summed E-state index contributed by atoms with van der Waals surface area (Å²) in [6.45, 7) is 6.62. The number of rotatable bonds is 5. The molecule has 0 bridgehead atoms. The van der Waals surface area contributed by atoms with Crippen molar-refractivity contribution < 1.29 is 0 Å². The minimum absolute atomic E-state index is 0.602. The van der Waals surface area contributed by atoms with Gasteiger partial charge in [-0.3, -0.25) is 0 Å². The molecule has 1 aliphatic rings. The third-order valence-electron chi connectivity index (χ3n) is 3.36. The maximum absolute atomic E-state index is 9.06. The van der Waals surface area contributed by atoms with Crippen LogP contribution in [0.15, 0.2) is 24.3 Å². The summed E-state index contributed by atoms with van der Waals surface area (Å²) in [7, 11) is 0. The first-order valence-electron chi connectivity index (χ1n) is 6.42. The highest BCUT2D eigenvalue weighted by Gasteiger charge is 2.38. The first-order valence-corrected chi connectivity index (χ1v) is 6.42. The minimum atomic E-state index is 0.602. The molecule has 17 heavy (non-hydrogen) atoms. The minimum Gasteiger partial charge on any atom is -0.316 e. The molecular formula is C15H20N2. The summed E-state index contributed by atoms with van der Waals surface area (Å²) in [5, 5.41) is 12.6. The lowest BCUT2D eigenvalue weighted by molar-refractivity contribution is 0.532. The molecule has 0 saturated heterocycles. The van der Waals surface area contributed by atoms with Crippen LogP contribution in [0.25, 0.3) is 0 Å². The monoisotopic (exact) mass is 228 g/mol. The Morgan fingerprint density at radius 2 is 2.18 bits per heavy atom. The third kappa shape index (κ3) is 3.08. The van der Waals surface area contributed by atoms with Crippen LogP contribution in [0.4, 0.5) is 0 Å². The SMILES string of the molecule is CC(C)CNCC1CC1c1ccccc1C#N. The average molecular weight is 228 g/mol. The highest BCUT2D eigenvalue weighted by Crippen LogP contribution is 2.47. The molecule has 2 heteroatoms. The van der Waals surface area contributed by atoms with E-state index in [4.69, 9.17) is 5.26 Å². The Bertz CT molecular complexity index is 417. The van der Waals surface area contributed by atoms with Crippen molar-refractivity contribution in [3.05, 3.63) is 35.4 Å². The van der Waals surface area contributed by atoms with Gasteiger partial charge in [-0.15, -0.1) is 0 Å². The fourth-order valence-corrected chi connectivity index (χ4v) is 2.33. The number of nitrogens with one attached hydrogen (secondary N) is 1. The maximum atomic E-state index is 9.06. The Kier molecular flexibility index (Phi) is 3.81. The predicted molar refractivity (Wildman–Crippen MR) is 69.7 cm³/mol. The molecule has 0 aromatic heterocycles. The van der Waals surface area contributed by atoms with Crippen molar-refractivity contribution in [2.75, 3.05) is 13.1 Å². The lowest BCUT2D eigenvalue weighted by Crippen LogP contribution is -2.22. The van der Waals surface area contributed by atoms with Gasteiger partial charge in [0.15, 0.2) is 0 Å². The fourth-order valence-electron chi connectivity index (χ4n) is 2.33. The molecule has 0 radical (unpaired) electrons. The van der Waals surface area contributed by atoms with Crippen molar-refractivity contribution in [3.8, 4) is 6.07 Å². The molecule has 2 rings (SSSR count). The van der Waals surface area contributed by atoms with Crippen LogP contribution in [0, 0.1) is 23.2 Å². The summed E-state index contributed by atoms with van der Waals surface area (Å²) in [4.78, 5) is 0. The summed E-state index contributed by atoms with van der Waals surface area (Å²) in [6.07, 6.45) is 1.23. The van der Waals surface area contributed by atoms with Crippen LogP contribution in [0.5, 0.6) is 0 Å². The summed E-state index contributed by atoms with van der Waals surface area (Å²) < 4.78 is 0. The van der Waals surface area contributed by atoms with Crippen molar-refractivity contribution in [3.63, 3.8) is 0 Å². The van der Waals surface area contributed by atoms with Gasteiger partial charge in [0, 0.05) is 0 Å². The van der Waals surface area contributed by atoms with Gasteiger partial charge in [0.2, 0.25) is 0 Å². The Balaban J connectivity index is 1.88. The van der Waals surface area contributed by atoms with E-state index in [1.54, 1.807) is 0 Å². The van der Waals surface area contributed by atoms with Gasteiger partial charge in [-0.1, -0.05) is 32.0 Å². The van der Waals surface area contributed by atoms with Gasteiger partial charge in [0.25, 0.3) is 0 Å². The van der Waals surface area contributed by atoms with Crippen LogP contribution in [0.2, 0.25) is 0 Å². The van der Waals surface area contributed by atoms with E-state index in [0.717, 1.165) is 24.6 Å². The molecule has 1 fully saturated rings. The lowest BCUT2D eigenvalue weighted by Gasteiger charge is -2.07. The fraction of sp³-hybridized carbons (Fsp3) is 0.533. The highest BCUT2D eigenvalue weighted by molar-refractivity contribution is 5.42. The highest BCUT2D eigenvalue weighted by atomic mass is 14.9. The van der Waals surface area contributed by atoms with E-state index in [0.29, 0.717) is 11.8 Å². The molecule has 1 N–H and O–H groups in total. The van der Waals surface area contributed by atoms with Gasteiger partial charge in [-0.2, -0.15) is 5.26 Å². The van der Waals surface area contributed by atoms with E-state index in [2.05, 4.69) is 31.3 Å². The first-order chi connectivity index (χ1) is 8.22. The molecule has 2 unspecified atom stereocenters. The number of benzene rings is 1. The van der Waals surface area contributed by atoms with E-state index >= 15 is 0 Å². The van der Waals surface area contributed by atoms with Gasteiger partial charge < -0.3 is 5.32 Å². The lowest BCUT2D eigenvalue weighted by atomic mass is 10.0. The number of hydrogen-bond donors (Lipinski definition) is 1. The third-order valence-corrected chi connectivity index (χ3v) is 3.36. The van der Waals surface area contributed by atoms with Crippen molar-refractivity contribution in [1.29, 1.82) is 5.26 Å². The summed E-state index contributed by atoms with van der Waals surface area (Å²) in [5.41, 5.74) is 2.09. The first kappa shape index (κ1) is 12.1. The number of nitrogens with zero attached hydrogens (tertiary/aromatic N) is 1. The summed E-state index contributed by atoms with van der Waals surface area (Å²) >= 11 is 0. The van der Waals surface area contributed by atoms with Crippen LogP contribution >= 0.6 is 0 Å². The van der Waals surface area contributed by atoms with Gasteiger partial charge in [-0.25, -0.2) is 0 Å². The Labute approximate surface area is 104 Å². The molecule has 2 nitrogen and oxygen atoms in total. The van der Waals surface area contributed by atoms with Crippen molar-refractivity contribution in [2.24, 2.45) is 11.8 Å². The molecule has 1 saturated carbocycles. The predicted octanol–water partition coefficient (Wildman–Crippen LogP) is 2.91. The standard InChI is InChI=1S/C15H20N2/c1-11(2)9-17-10-13-7-15(13)14-6-4-3-5-12(14)8-16/h3-6,11,13,15,17H,7,9-10H2,1-2H3. The van der Waals surface area contributed by atoms with Gasteiger partial charge >= 0.3 is 0 Å². The second-order valence-corrected chi connectivity index (χ2v) is 5.35. The second kappa shape index (κ2) is 5.33. The average Bonchev–Trinajstić information content (AvgIpc) is 3.08. The molecule has 1 aromatic rings. The number of nitriles is 1. The smallest absolute Gasteiger partial charge is 0.0994 e. The van der Waals surface area contributed by atoms with Gasteiger partial charge in [0.05, 0.1) is 11.6 Å². The van der Waals surface area contributed by atoms with E-state index < -0.39 is 0 Å². The van der Waals surface area contributed by atoms with E-state index in [-0.39, 0.29) is 0 Å². The van der Waals surface area contributed by atoms with Crippen LogP contribution in [0.3, 0.4) is 0 Å². The van der Waals surface area contributed by atoms with Crippen molar-refractivity contribution in [2.45, 2.75) is 26.2 Å². The van der Waals surface area contributed by atoms with Crippen LogP contribution in [-0.2, 0) is 0 Å². The normalized spacial score (nSPS) is 22.5. The molecule has 90 valence electrons. The van der Waals surface area contributed by atoms with Crippen molar-refractivity contribution in [1.82, 2.24) is 5.32 Å². The zero-order chi connectivity index (χ0) is 12.3. The Morgan fingerprint density at radius 3 is 2.88 bits per heavy atom. The molecule has 0 spiro atoms. The van der Waals surface area contributed by atoms with Crippen LogP contribution in [-0.4, -0.2) is 13.1 Å². The zero-order valence-electron chi connectivity index (χ0n) is 10.6. The molecule has 2 atom stereocenters.